The number of carboxylic acid groups (broad SMARTS) is 1. The van der Waals surface area contributed by atoms with Crippen LogP contribution in [0.4, 0.5) is 4.79 Å². The Labute approximate surface area is 118 Å². The van der Waals surface area contributed by atoms with E-state index in [0.29, 0.717) is 12.3 Å². The number of carbonyl (C=O) groups excluding carboxylic acids is 1. The minimum Gasteiger partial charge on any atom is -0.480 e. The zero-order valence-electron chi connectivity index (χ0n) is 11.6. The van der Waals surface area contributed by atoms with Crippen molar-refractivity contribution < 1.29 is 14.7 Å². The summed E-state index contributed by atoms with van der Waals surface area (Å²) < 4.78 is 0. The third-order valence-corrected chi connectivity index (χ3v) is 4.29. The molecule has 2 unspecified atom stereocenters. The maximum Gasteiger partial charge on any atom is 0.326 e. The lowest BCUT2D eigenvalue weighted by Gasteiger charge is -2.30. The molecular formula is C13H24N2O3S. The smallest absolute Gasteiger partial charge is 0.326 e. The number of aliphatic carboxylic acids is 1. The zero-order chi connectivity index (χ0) is 14.3. The van der Waals surface area contributed by atoms with Gasteiger partial charge in [0.25, 0.3) is 0 Å². The summed E-state index contributed by atoms with van der Waals surface area (Å²) in [7, 11) is 0. The van der Waals surface area contributed by atoms with Gasteiger partial charge in [0, 0.05) is 6.04 Å². The molecule has 6 heteroatoms. The number of carbonyl (C=O) groups is 2. The standard InChI is InChI=1S/C13H24N2O3S/c1-9-5-3-4-6-10(9)14-13(18)15-11(12(16)17)7-8-19-2/h9-11H,3-8H2,1-2H3,(H,16,17)(H2,14,15,18)/t9?,10?,11-/m1/s1. The SMILES string of the molecule is CSCC[C@@H](NC(=O)NC1CCCCC1C)C(=O)O. The van der Waals surface area contributed by atoms with Crippen molar-refractivity contribution in [3.63, 3.8) is 0 Å². The molecule has 0 aliphatic heterocycles. The molecule has 0 bridgehead atoms. The van der Waals surface area contributed by atoms with Crippen LogP contribution in [0, 0.1) is 5.92 Å². The summed E-state index contributed by atoms with van der Waals surface area (Å²) in [4.78, 5) is 22.9. The quantitative estimate of drug-likeness (QED) is 0.699. The normalized spacial score (nSPS) is 24.5. The van der Waals surface area contributed by atoms with E-state index in [9.17, 15) is 9.59 Å². The maximum atomic E-state index is 11.8. The van der Waals surface area contributed by atoms with Crippen LogP contribution in [-0.4, -0.2) is 41.2 Å². The van der Waals surface area contributed by atoms with Crippen molar-refractivity contribution >= 4 is 23.8 Å². The lowest BCUT2D eigenvalue weighted by atomic mass is 9.86. The Bertz CT molecular complexity index is 312. The van der Waals surface area contributed by atoms with Gasteiger partial charge in [0.2, 0.25) is 0 Å². The molecule has 0 saturated heterocycles. The van der Waals surface area contributed by atoms with Crippen LogP contribution in [0.2, 0.25) is 0 Å². The molecule has 3 N–H and O–H groups in total. The largest absolute Gasteiger partial charge is 0.480 e. The average molecular weight is 288 g/mol. The first-order chi connectivity index (χ1) is 9.04. The first kappa shape index (κ1) is 16.1. The van der Waals surface area contributed by atoms with E-state index in [1.165, 1.54) is 6.42 Å². The van der Waals surface area contributed by atoms with Gasteiger partial charge in [-0.15, -0.1) is 0 Å². The molecule has 19 heavy (non-hydrogen) atoms. The van der Waals surface area contributed by atoms with Crippen molar-refractivity contribution in [2.24, 2.45) is 5.92 Å². The highest BCUT2D eigenvalue weighted by molar-refractivity contribution is 7.98. The molecule has 1 rings (SSSR count). The summed E-state index contributed by atoms with van der Waals surface area (Å²) in [5, 5.41) is 14.5. The van der Waals surface area contributed by atoms with Crippen molar-refractivity contribution in [1.82, 2.24) is 10.6 Å². The van der Waals surface area contributed by atoms with Crippen LogP contribution in [0.1, 0.15) is 39.0 Å². The van der Waals surface area contributed by atoms with E-state index in [4.69, 9.17) is 5.11 Å². The van der Waals surface area contributed by atoms with Crippen LogP contribution < -0.4 is 10.6 Å². The van der Waals surface area contributed by atoms with Crippen LogP contribution in [0.25, 0.3) is 0 Å². The van der Waals surface area contributed by atoms with Gasteiger partial charge in [-0.3, -0.25) is 0 Å². The molecule has 1 saturated carbocycles. The lowest BCUT2D eigenvalue weighted by Crippen LogP contribution is -2.51. The number of hydrogen-bond acceptors (Lipinski definition) is 3. The third kappa shape index (κ3) is 5.72. The van der Waals surface area contributed by atoms with Crippen molar-refractivity contribution in [3.8, 4) is 0 Å². The highest BCUT2D eigenvalue weighted by Crippen LogP contribution is 2.23. The molecule has 5 nitrogen and oxygen atoms in total. The summed E-state index contributed by atoms with van der Waals surface area (Å²) in [5.74, 6) is 0.215. The van der Waals surface area contributed by atoms with Gasteiger partial charge < -0.3 is 15.7 Å². The fourth-order valence-corrected chi connectivity index (χ4v) is 2.86. The Morgan fingerprint density at radius 3 is 2.63 bits per heavy atom. The van der Waals surface area contributed by atoms with Gasteiger partial charge in [-0.25, -0.2) is 9.59 Å². The van der Waals surface area contributed by atoms with Crippen LogP contribution in [0.5, 0.6) is 0 Å². The predicted molar refractivity (Wildman–Crippen MR) is 77.5 cm³/mol. The first-order valence-corrected chi connectivity index (χ1v) is 8.22. The van der Waals surface area contributed by atoms with Crippen LogP contribution in [0.3, 0.4) is 0 Å². The summed E-state index contributed by atoms with van der Waals surface area (Å²) in [6.07, 6.45) is 6.82. The average Bonchev–Trinajstić information content (AvgIpc) is 2.37. The fraction of sp³-hybridized carbons (Fsp3) is 0.846. The Kier molecular flexibility index (Phi) is 7.05. The number of hydrogen-bond donors (Lipinski definition) is 3. The minimum absolute atomic E-state index is 0.170. The molecule has 1 fully saturated rings. The lowest BCUT2D eigenvalue weighted by molar-refractivity contribution is -0.139. The number of carboxylic acids is 1. The Hall–Kier alpha value is -0.910. The molecule has 0 radical (unpaired) electrons. The van der Waals surface area contributed by atoms with Crippen molar-refractivity contribution in [3.05, 3.63) is 0 Å². The monoisotopic (exact) mass is 288 g/mol. The molecule has 0 aromatic heterocycles. The summed E-state index contributed by atoms with van der Waals surface area (Å²) >= 11 is 1.58. The number of urea groups is 1. The molecule has 2 amide bonds. The van der Waals surface area contributed by atoms with E-state index in [-0.39, 0.29) is 12.1 Å². The van der Waals surface area contributed by atoms with E-state index >= 15 is 0 Å². The van der Waals surface area contributed by atoms with Crippen LogP contribution in [0.15, 0.2) is 0 Å². The molecule has 0 heterocycles. The van der Waals surface area contributed by atoms with E-state index < -0.39 is 12.0 Å². The van der Waals surface area contributed by atoms with Gasteiger partial charge in [-0.2, -0.15) is 11.8 Å². The van der Waals surface area contributed by atoms with Gasteiger partial charge in [-0.05, 0) is 37.2 Å². The zero-order valence-corrected chi connectivity index (χ0v) is 12.5. The summed E-state index contributed by atoms with van der Waals surface area (Å²) in [5.41, 5.74) is 0. The Morgan fingerprint density at radius 2 is 2.05 bits per heavy atom. The van der Waals surface area contributed by atoms with Gasteiger partial charge in [0.05, 0.1) is 0 Å². The van der Waals surface area contributed by atoms with Crippen LogP contribution >= 0.6 is 11.8 Å². The number of nitrogens with one attached hydrogen (secondary N) is 2. The molecule has 0 aromatic rings. The molecule has 1 aliphatic rings. The van der Waals surface area contributed by atoms with Gasteiger partial charge in [-0.1, -0.05) is 19.8 Å². The number of thioether (sulfide) groups is 1. The van der Waals surface area contributed by atoms with E-state index in [0.717, 1.165) is 25.0 Å². The maximum absolute atomic E-state index is 11.8. The molecule has 0 aromatic carbocycles. The molecule has 0 spiro atoms. The topological polar surface area (TPSA) is 78.4 Å². The third-order valence-electron chi connectivity index (χ3n) is 3.64. The highest BCUT2D eigenvalue weighted by Gasteiger charge is 2.25. The molecule has 3 atom stereocenters. The van der Waals surface area contributed by atoms with Gasteiger partial charge >= 0.3 is 12.0 Å². The van der Waals surface area contributed by atoms with Crippen LogP contribution in [-0.2, 0) is 4.79 Å². The Morgan fingerprint density at radius 1 is 1.37 bits per heavy atom. The van der Waals surface area contributed by atoms with Gasteiger partial charge in [0.1, 0.15) is 6.04 Å². The van der Waals surface area contributed by atoms with E-state index in [1.807, 2.05) is 6.26 Å². The van der Waals surface area contributed by atoms with Gasteiger partial charge in [0.15, 0.2) is 0 Å². The predicted octanol–water partition coefficient (Wildman–Crippen LogP) is 2.07. The number of rotatable bonds is 6. The minimum atomic E-state index is -0.971. The summed E-state index contributed by atoms with van der Waals surface area (Å²) in [6, 6.07) is -0.984. The Balaban J connectivity index is 2.40. The van der Waals surface area contributed by atoms with E-state index in [1.54, 1.807) is 11.8 Å². The van der Waals surface area contributed by atoms with Crippen molar-refractivity contribution in [2.75, 3.05) is 12.0 Å². The molecule has 1 aliphatic carbocycles. The second-order valence-corrected chi connectivity index (χ2v) is 6.14. The van der Waals surface area contributed by atoms with Crippen molar-refractivity contribution in [1.29, 1.82) is 0 Å². The molecule has 110 valence electrons. The number of amides is 2. The fourth-order valence-electron chi connectivity index (χ4n) is 2.39. The highest BCUT2D eigenvalue weighted by atomic mass is 32.2. The second kappa shape index (κ2) is 8.30. The molecular weight excluding hydrogens is 264 g/mol. The second-order valence-electron chi connectivity index (χ2n) is 5.16. The first-order valence-electron chi connectivity index (χ1n) is 6.83. The van der Waals surface area contributed by atoms with Crippen molar-refractivity contribution in [2.45, 2.75) is 51.1 Å². The van der Waals surface area contributed by atoms with E-state index in [2.05, 4.69) is 17.6 Å². The summed E-state index contributed by atoms with van der Waals surface area (Å²) in [6.45, 7) is 2.13.